The third-order valence-corrected chi connectivity index (χ3v) is 1.69. The summed E-state index contributed by atoms with van der Waals surface area (Å²) >= 11 is 5.39. The normalized spacial score (nSPS) is 9.50. The molecule has 0 spiro atoms. The molecule has 0 saturated carbocycles. The fourth-order valence-electron chi connectivity index (χ4n) is 0.881. The summed E-state index contributed by atoms with van der Waals surface area (Å²) < 4.78 is 0. The zero-order valence-corrected chi connectivity index (χ0v) is 8.21. The van der Waals surface area contributed by atoms with Gasteiger partial charge in [-0.3, -0.25) is 0 Å². The molecule has 0 heterocycles. The Bertz CT molecular complexity index is 300. The lowest BCUT2D eigenvalue weighted by atomic mass is 10.3. The number of hydrogen-bond acceptors (Lipinski definition) is 2. The molecule has 0 bridgehead atoms. The number of nitrogens with one attached hydrogen (secondary N) is 2. The van der Waals surface area contributed by atoms with Crippen LogP contribution >= 0.6 is 11.6 Å². The van der Waals surface area contributed by atoms with Crippen LogP contribution in [0.1, 0.15) is 0 Å². The number of carbonyl (C=O) groups excluding carboxylic acids is 1. The summed E-state index contributed by atoms with van der Waals surface area (Å²) in [5.41, 5.74) is 0.620. The average molecular weight is 215 g/mol. The van der Waals surface area contributed by atoms with Gasteiger partial charge in [0, 0.05) is 18.1 Å². The van der Waals surface area contributed by atoms with Crippen LogP contribution in [-0.4, -0.2) is 23.6 Å². The predicted octanol–water partition coefficient (Wildman–Crippen LogP) is 1.75. The summed E-state index contributed by atoms with van der Waals surface area (Å²) in [6.07, 6.45) is 0. The minimum atomic E-state index is -0.309. The van der Waals surface area contributed by atoms with E-state index in [1.54, 1.807) is 12.1 Å². The van der Waals surface area contributed by atoms with E-state index >= 15 is 0 Å². The van der Waals surface area contributed by atoms with Crippen molar-refractivity contribution < 1.29 is 9.90 Å². The molecule has 0 aliphatic heterocycles. The van der Waals surface area contributed by atoms with Crippen molar-refractivity contribution >= 4 is 23.3 Å². The molecule has 3 N–H and O–H groups in total. The van der Waals surface area contributed by atoms with Gasteiger partial charge in [-0.25, -0.2) is 4.79 Å². The highest BCUT2D eigenvalue weighted by atomic mass is 35.5. The Kier molecular flexibility index (Phi) is 4.07. The predicted molar refractivity (Wildman–Crippen MR) is 55.8 cm³/mol. The van der Waals surface area contributed by atoms with Crippen molar-refractivity contribution in [3.8, 4) is 5.75 Å². The highest BCUT2D eigenvalue weighted by Gasteiger charge is 1.99. The van der Waals surface area contributed by atoms with Crippen LogP contribution in [0.4, 0.5) is 10.5 Å². The molecule has 5 heteroatoms. The first-order chi connectivity index (χ1) is 6.72. The number of urea groups is 1. The number of alkyl halides is 1. The van der Waals surface area contributed by atoms with E-state index in [9.17, 15) is 4.79 Å². The van der Waals surface area contributed by atoms with Crippen LogP contribution in [0, 0.1) is 0 Å². The first kappa shape index (κ1) is 10.7. The largest absolute Gasteiger partial charge is 0.508 e. The Morgan fingerprint density at radius 1 is 1.36 bits per heavy atom. The second kappa shape index (κ2) is 5.34. The summed E-state index contributed by atoms with van der Waals surface area (Å²) in [4.78, 5) is 11.1. The fourth-order valence-corrected chi connectivity index (χ4v) is 0.975. The van der Waals surface area contributed by atoms with E-state index in [-0.39, 0.29) is 11.8 Å². The molecular weight excluding hydrogens is 204 g/mol. The monoisotopic (exact) mass is 214 g/mol. The zero-order valence-electron chi connectivity index (χ0n) is 7.46. The maximum Gasteiger partial charge on any atom is 0.319 e. The highest BCUT2D eigenvalue weighted by Crippen LogP contribution is 2.13. The molecule has 0 aromatic heterocycles. The van der Waals surface area contributed by atoms with Gasteiger partial charge < -0.3 is 15.7 Å². The maximum absolute atomic E-state index is 11.1. The van der Waals surface area contributed by atoms with E-state index in [4.69, 9.17) is 16.7 Å². The number of hydrogen-bond donors (Lipinski definition) is 3. The van der Waals surface area contributed by atoms with Gasteiger partial charge in [0.05, 0.1) is 0 Å². The van der Waals surface area contributed by atoms with E-state index in [1.807, 2.05) is 0 Å². The van der Waals surface area contributed by atoms with Gasteiger partial charge in [-0.1, -0.05) is 0 Å². The molecule has 2 amide bonds. The minimum absolute atomic E-state index is 0.164. The number of carbonyl (C=O) groups is 1. The molecule has 4 nitrogen and oxygen atoms in total. The van der Waals surface area contributed by atoms with E-state index in [0.717, 1.165) is 0 Å². The lowest BCUT2D eigenvalue weighted by Gasteiger charge is -2.05. The molecule has 0 fully saturated rings. The highest BCUT2D eigenvalue weighted by molar-refractivity contribution is 6.18. The SMILES string of the molecule is O=C(NCCCl)Nc1ccc(O)cc1. The lowest BCUT2D eigenvalue weighted by molar-refractivity contribution is 0.252. The van der Waals surface area contributed by atoms with Crippen molar-refractivity contribution in [2.45, 2.75) is 0 Å². The van der Waals surface area contributed by atoms with Crippen LogP contribution in [0.25, 0.3) is 0 Å². The van der Waals surface area contributed by atoms with Crippen molar-refractivity contribution in [1.29, 1.82) is 0 Å². The van der Waals surface area contributed by atoms with Crippen molar-refractivity contribution in [1.82, 2.24) is 5.32 Å². The van der Waals surface area contributed by atoms with Crippen LogP contribution < -0.4 is 10.6 Å². The molecule has 76 valence electrons. The summed E-state index contributed by atoms with van der Waals surface area (Å²) in [7, 11) is 0. The number of aromatic hydroxyl groups is 1. The van der Waals surface area contributed by atoms with Crippen molar-refractivity contribution in [2.24, 2.45) is 0 Å². The molecule has 1 aromatic rings. The Morgan fingerprint density at radius 2 is 2.00 bits per heavy atom. The van der Waals surface area contributed by atoms with Gasteiger partial charge in [0.25, 0.3) is 0 Å². The molecule has 14 heavy (non-hydrogen) atoms. The van der Waals surface area contributed by atoms with E-state index in [0.29, 0.717) is 18.1 Å². The first-order valence-electron chi connectivity index (χ1n) is 4.12. The summed E-state index contributed by atoms with van der Waals surface area (Å²) in [5.74, 6) is 0.542. The van der Waals surface area contributed by atoms with Crippen LogP contribution in [0.3, 0.4) is 0 Å². The van der Waals surface area contributed by atoms with Gasteiger partial charge in [0.2, 0.25) is 0 Å². The molecule has 1 rings (SSSR count). The van der Waals surface area contributed by atoms with E-state index < -0.39 is 0 Å². The van der Waals surface area contributed by atoms with Crippen LogP contribution in [-0.2, 0) is 0 Å². The molecule has 0 radical (unpaired) electrons. The number of amides is 2. The Hall–Kier alpha value is -1.42. The van der Waals surface area contributed by atoms with Crippen molar-refractivity contribution in [3.63, 3.8) is 0 Å². The number of phenolic OH excluding ortho intramolecular Hbond substituents is 1. The second-order valence-corrected chi connectivity index (χ2v) is 2.99. The number of anilines is 1. The molecule has 0 atom stereocenters. The number of halogens is 1. The summed E-state index contributed by atoms with van der Waals surface area (Å²) in [6.45, 7) is 0.422. The second-order valence-electron chi connectivity index (χ2n) is 2.62. The van der Waals surface area contributed by atoms with Crippen molar-refractivity contribution in [3.05, 3.63) is 24.3 Å². The zero-order chi connectivity index (χ0) is 10.4. The van der Waals surface area contributed by atoms with Gasteiger partial charge in [-0.2, -0.15) is 0 Å². The molecular formula is C9H11ClN2O2. The first-order valence-corrected chi connectivity index (χ1v) is 4.65. The average Bonchev–Trinajstić information content (AvgIpc) is 2.18. The van der Waals surface area contributed by atoms with Gasteiger partial charge in [-0.05, 0) is 24.3 Å². The lowest BCUT2D eigenvalue weighted by Crippen LogP contribution is -2.30. The van der Waals surface area contributed by atoms with E-state index in [2.05, 4.69) is 10.6 Å². The van der Waals surface area contributed by atoms with Crippen LogP contribution in [0.2, 0.25) is 0 Å². The van der Waals surface area contributed by atoms with Crippen LogP contribution in [0.5, 0.6) is 5.75 Å². The minimum Gasteiger partial charge on any atom is -0.508 e. The smallest absolute Gasteiger partial charge is 0.319 e. The van der Waals surface area contributed by atoms with Gasteiger partial charge in [-0.15, -0.1) is 11.6 Å². The van der Waals surface area contributed by atoms with Crippen molar-refractivity contribution in [2.75, 3.05) is 17.7 Å². The third-order valence-electron chi connectivity index (χ3n) is 1.51. The summed E-state index contributed by atoms with van der Waals surface area (Å²) in [6, 6.07) is 5.90. The molecule has 0 aliphatic carbocycles. The van der Waals surface area contributed by atoms with E-state index in [1.165, 1.54) is 12.1 Å². The quantitative estimate of drug-likeness (QED) is 0.530. The Labute approximate surface area is 86.9 Å². The molecule has 1 aromatic carbocycles. The molecule has 0 unspecified atom stereocenters. The Balaban J connectivity index is 2.44. The topological polar surface area (TPSA) is 61.4 Å². The number of benzene rings is 1. The van der Waals surface area contributed by atoms with Gasteiger partial charge >= 0.3 is 6.03 Å². The number of phenols is 1. The summed E-state index contributed by atoms with van der Waals surface area (Å²) in [5, 5.41) is 14.1. The number of rotatable bonds is 3. The third kappa shape index (κ3) is 3.53. The van der Waals surface area contributed by atoms with Gasteiger partial charge in [0.1, 0.15) is 5.75 Å². The fraction of sp³-hybridized carbons (Fsp3) is 0.222. The van der Waals surface area contributed by atoms with Crippen LogP contribution in [0.15, 0.2) is 24.3 Å². The van der Waals surface area contributed by atoms with Gasteiger partial charge in [0.15, 0.2) is 0 Å². The molecule has 0 aliphatic rings. The molecule has 0 saturated heterocycles. The maximum atomic E-state index is 11.1. The standard InChI is InChI=1S/C9H11ClN2O2/c10-5-6-11-9(14)12-7-1-3-8(13)4-2-7/h1-4,13H,5-6H2,(H2,11,12,14). The Morgan fingerprint density at radius 3 is 2.57 bits per heavy atom.